The summed E-state index contributed by atoms with van der Waals surface area (Å²) in [4.78, 5) is 10.8. The summed E-state index contributed by atoms with van der Waals surface area (Å²) in [7, 11) is 0. The summed E-state index contributed by atoms with van der Waals surface area (Å²) < 4.78 is 44.8. The molecule has 1 N–H and O–H groups in total. The van der Waals surface area contributed by atoms with E-state index in [1.165, 1.54) is 18.2 Å². The van der Waals surface area contributed by atoms with Crippen LogP contribution in [0.15, 0.2) is 22.7 Å². The van der Waals surface area contributed by atoms with Crippen molar-refractivity contribution in [3.05, 3.63) is 28.2 Å². The molecule has 0 heterocycles. The van der Waals surface area contributed by atoms with Crippen LogP contribution in [0.5, 0.6) is 5.75 Å². The van der Waals surface area contributed by atoms with Crippen LogP contribution in [0.25, 0.3) is 0 Å². The maximum Gasteiger partial charge on any atom is 0.411 e. The molecular formula is C10H8BrF3O4. The van der Waals surface area contributed by atoms with Crippen molar-refractivity contribution in [2.75, 3.05) is 13.4 Å². The third-order valence-corrected chi connectivity index (χ3v) is 2.37. The molecule has 18 heavy (non-hydrogen) atoms. The van der Waals surface area contributed by atoms with E-state index >= 15 is 0 Å². The van der Waals surface area contributed by atoms with Crippen molar-refractivity contribution in [1.29, 1.82) is 0 Å². The van der Waals surface area contributed by atoms with Gasteiger partial charge in [0.05, 0.1) is 4.47 Å². The minimum Gasteiger partial charge on any atom is -0.478 e. The number of aromatic carboxylic acids is 1. The fourth-order valence-electron chi connectivity index (χ4n) is 1.08. The van der Waals surface area contributed by atoms with E-state index in [1.54, 1.807) is 0 Å². The second-order valence-corrected chi connectivity index (χ2v) is 4.00. The number of benzene rings is 1. The number of ether oxygens (including phenoxy) is 2. The van der Waals surface area contributed by atoms with Crippen molar-refractivity contribution in [3.8, 4) is 5.75 Å². The molecule has 0 saturated carbocycles. The quantitative estimate of drug-likeness (QED) is 0.666. The molecule has 100 valence electrons. The monoisotopic (exact) mass is 328 g/mol. The molecule has 8 heteroatoms. The van der Waals surface area contributed by atoms with E-state index in [0.29, 0.717) is 4.47 Å². The standard InChI is InChI=1S/C10H8BrF3O4/c11-7-3-1-2-6(9(15)16)8(7)18-5-17-4-10(12,13)14/h1-3H,4-5H2,(H,15,16). The Morgan fingerprint density at radius 3 is 2.61 bits per heavy atom. The summed E-state index contributed by atoms with van der Waals surface area (Å²) in [5.41, 5.74) is -0.167. The first kappa shape index (κ1) is 14.8. The molecule has 0 aromatic heterocycles. The van der Waals surface area contributed by atoms with E-state index in [9.17, 15) is 18.0 Å². The highest BCUT2D eigenvalue weighted by Gasteiger charge is 2.27. The smallest absolute Gasteiger partial charge is 0.411 e. The van der Waals surface area contributed by atoms with Gasteiger partial charge in [-0.05, 0) is 28.1 Å². The lowest BCUT2D eigenvalue weighted by Crippen LogP contribution is -2.19. The molecule has 1 aromatic carbocycles. The lowest BCUT2D eigenvalue weighted by atomic mass is 10.2. The van der Waals surface area contributed by atoms with Crippen molar-refractivity contribution < 1.29 is 32.5 Å². The molecule has 0 unspecified atom stereocenters. The Bertz CT molecular complexity index is 434. The number of alkyl halides is 3. The third kappa shape index (κ3) is 4.53. The molecule has 0 bridgehead atoms. The van der Waals surface area contributed by atoms with E-state index in [2.05, 4.69) is 20.7 Å². The van der Waals surface area contributed by atoms with E-state index in [1.807, 2.05) is 0 Å². The van der Waals surface area contributed by atoms with E-state index in [-0.39, 0.29) is 11.3 Å². The van der Waals surface area contributed by atoms with Gasteiger partial charge in [-0.25, -0.2) is 4.79 Å². The topological polar surface area (TPSA) is 55.8 Å². The number of para-hydroxylation sites is 1. The molecule has 1 aromatic rings. The van der Waals surface area contributed by atoms with Gasteiger partial charge in [-0.1, -0.05) is 6.07 Å². The van der Waals surface area contributed by atoms with Crippen molar-refractivity contribution in [2.45, 2.75) is 6.18 Å². The van der Waals surface area contributed by atoms with Crippen LogP contribution in [0.3, 0.4) is 0 Å². The first-order valence-electron chi connectivity index (χ1n) is 4.60. The molecule has 0 aliphatic carbocycles. The van der Waals surface area contributed by atoms with Crippen molar-refractivity contribution >= 4 is 21.9 Å². The van der Waals surface area contributed by atoms with Gasteiger partial charge in [0.1, 0.15) is 12.2 Å². The van der Waals surface area contributed by atoms with Crippen LogP contribution in [0.1, 0.15) is 10.4 Å². The van der Waals surface area contributed by atoms with Crippen LogP contribution in [-0.4, -0.2) is 30.7 Å². The normalized spacial score (nSPS) is 11.3. The maximum atomic E-state index is 11.8. The summed E-state index contributed by atoms with van der Waals surface area (Å²) in [5.74, 6) is -1.32. The number of halogens is 4. The number of carboxylic acid groups (broad SMARTS) is 1. The van der Waals surface area contributed by atoms with Crippen molar-refractivity contribution in [1.82, 2.24) is 0 Å². The molecule has 0 aliphatic rings. The summed E-state index contributed by atoms with van der Waals surface area (Å²) in [6.07, 6.45) is -4.45. The van der Waals surface area contributed by atoms with Crippen molar-refractivity contribution in [2.24, 2.45) is 0 Å². The summed E-state index contributed by atoms with van der Waals surface area (Å²) in [6, 6.07) is 4.24. The zero-order valence-electron chi connectivity index (χ0n) is 8.83. The Balaban J connectivity index is 2.64. The zero-order chi connectivity index (χ0) is 13.8. The predicted molar refractivity (Wildman–Crippen MR) is 58.6 cm³/mol. The highest BCUT2D eigenvalue weighted by Crippen LogP contribution is 2.29. The summed E-state index contributed by atoms with van der Waals surface area (Å²) in [5, 5.41) is 8.85. The van der Waals surface area contributed by atoms with Crippen LogP contribution in [0.4, 0.5) is 13.2 Å². The minimum atomic E-state index is -4.45. The number of hydrogen-bond acceptors (Lipinski definition) is 3. The minimum absolute atomic E-state index is 0.0767. The highest BCUT2D eigenvalue weighted by atomic mass is 79.9. The van der Waals surface area contributed by atoms with Crippen molar-refractivity contribution in [3.63, 3.8) is 0 Å². The van der Waals surface area contributed by atoms with Gasteiger partial charge in [-0.2, -0.15) is 13.2 Å². The Kier molecular flexibility index (Phi) is 4.97. The molecule has 0 spiro atoms. The highest BCUT2D eigenvalue weighted by molar-refractivity contribution is 9.10. The number of hydrogen-bond donors (Lipinski definition) is 1. The van der Waals surface area contributed by atoms with Gasteiger partial charge in [-0.15, -0.1) is 0 Å². The lowest BCUT2D eigenvalue weighted by Gasteiger charge is -2.12. The molecule has 0 radical (unpaired) electrons. The maximum absolute atomic E-state index is 11.8. The Morgan fingerprint density at radius 1 is 1.39 bits per heavy atom. The van der Waals surface area contributed by atoms with Gasteiger partial charge in [-0.3, -0.25) is 0 Å². The van der Waals surface area contributed by atoms with Crippen LogP contribution < -0.4 is 4.74 Å². The average Bonchev–Trinajstić information content (AvgIpc) is 2.24. The van der Waals surface area contributed by atoms with Crippen LogP contribution >= 0.6 is 15.9 Å². The first-order chi connectivity index (χ1) is 8.31. The SMILES string of the molecule is O=C(O)c1cccc(Br)c1OCOCC(F)(F)F. The molecule has 0 saturated heterocycles. The summed E-state index contributed by atoms with van der Waals surface area (Å²) >= 11 is 3.04. The fraction of sp³-hybridized carbons (Fsp3) is 0.300. The second-order valence-electron chi connectivity index (χ2n) is 3.15. The largest absolute Gasteiger partial charge is 0.478 e. The number of carbonyl (C=O) groups is 1. The van der Waals surface area contributed by atoms with E-state index in [0.717, 1.165) is 0 Å². The summed E-state index contributed by atoms with van der Waals surface area (Å²) in [6.45, 7) is -2.15. The van der Waals surface area contributed by atoms with Crippen LogP contribution in [0, 0.1) is 0 Å². The molecule has 1 rings (SSSR count). The number of carboxylic acids is 1. The van der Waals surface area contributed by atoms with Gasteiger partial charge in [0.2, 0.25) is 0 Å². The van der Waals surface area contributed by atoms with Gasteiger partial charge < -0.3 is 14.6 Å². The predicted octanol–water partition coefficient (Wildman–Crippen LogP) is 3.06. The molecular weight excluding hydrogens is 321 g/mol. The Hall–Kier alpha value is -1.28. The molecule has 0 aliphatic heterocycles. The number of rotatable bonds is 5. The molecule has 0 atom stereocenters. The molecule has 0 amide bonds. The van der Waals surface area contributed by atoms with Crippen LogP contribution in [-0.2, 0) is 4.74 Å². The fourth-order valence-corrected chi connectivity index (χ4v) is 1.56. The van der Waals surface area contributed by atoms with Gasteiger partial charge in [0.15, 0.2) is 12.5 Å². The first-order valence-corrected chi connectivity index (χ1v) is 5.39. The average molecular weight is 329 g/mol. The Morgan fingerprint density at radius 2 is 2.06 bits per heavy atom. The van der Waals surface area contributed by atoms with E-state index in [4.69, 9.17) is 9.84 Å². The second kappa shape index (κ2) is 6.05. The van der Waals surface area contributed by atoms with Gasteiger partial charge in [0.25, 0.3) is 0 Å². The Labute approximate surface area is 108 Å². The lowest BCUT2D eigenvalue weighted by molar-refractivity contribution is -0.186. The van der Waals surface area contributed by atoms with E-state index < -0.39 is 25.5 Å². The van der Waals surface area contributed by atoms with Crippen LogP contribution in [0.2, 0.25) is 0 Å². The zero-order valence-corrected chi connectivity index (χ0v) is 10.4. The van der Waals surface area contributed by atoms with Gasteiger partial charge >= 0.3 is 12.1 Å². The van der Waals surface area contributed by atoms with Gasteiger partial charge in [0, 0.05) is 0 Å². The third-order valence-electron chi connectivity index (χ3n) is 1.75. The molecule has 4 nitrogen and oxygen atoms in total. The molecule has 0 fully saturated rings.